The molecule has 1 aromatic heterocycles. The molecule has 14 heavy (non-hydrogen) atoms. The Kier molecular flexibility index (Phi) is 3.00. The average Bonchev–Trinajstić information content (AvgIpc) is 2.51. The molecular weight excluding hydrogens is 204 g/mol. The van der Waals surface area contributed by atoms with E-state index in [1.807, 2.05) is 0 Å². The monoisotopic (exact) mass is 216 g/mol. The van der Waals surface area contributed by atoms with Crippen molar-refractivity contribution in [1.29, 1.82) is 0 Å². The van der Waals surface area contributed by atoms with Crippen LogP contribution in [0.3, 0.4) is 0 Å². The highest BCUT2D eigenvalue weighted by atomic mass is 32.2. The molecule has 0 saturated heterocycles. The van der Waals surface area contributed by atoms with Gasteiger partial charge in [0, 0.05) is 0 Å². The first-order chi connectivity index (χ1) is 6.49. The maximum absolute atomic E-state index is 11.0. The van der Waals surface area contributed by atoms with Gasteiger partial charge in [0.1, 0.15) is 11.1 Å². The van der Waals surface area contributed by atoms with Gasteiger partial charge in [-0.1, -0.05) is 18.7 Å². The molecule has 6 nitrogen and oxygen atoms in total. The number of hydrogen-bond donors (Lipinski definition) is 2. The van der Waals surface area contributed by atoms with Crippen LogP contribution >= 0.6 is 11.8 Å². The van der Waals surface area contributed by atoms with Crippen LogP contribution in [-0.4, -0.2) is 30.7 Å². The van der Waals surface area contributed by atoms with Crippen LogP contribution in [0.25, 0.3) is 0 Å². The summed E-state index contributed by atoms with van der Waals surface area (Å²) in [5, 5.41) is 16.7. The van der Waals surface area contributed by atoms with E-state index >= 15 is 0 Å². The molecule has 7 heteroatoms. The standard InChI is InChI=1S/C7H12N4O2S/c1-3-7(2,5(12)13)14-6-10-9-4-11(6)8/h4H,3,8H2,1-2H3,(H,12,13). The third-order valence-electron chi connectivity index (χ3n) is 1.98. The smallest absolute Gasteiger partial charge is 0.319 e. The van der Waals surface area contributed by atoms with Crippen molar-refractivity contribution in [3.8, 4) is 0 Å². The van der Waals surface area contributed by atoms with Crippen molar-refractivity contribution in [1.82, 2.24) is 14.9 Å². The maximum Gasteiger partial charge on any atom is 0.319 e. The molecule has 0 bridgehead atoms. The molecule has 0 aliphatic carbocycles. The molecule has 1 aromatic rings. The summed E-state index contributed by atoms with van der Waals surface area (Å²) in [5.74, 6) is 4.60. The number of carbonyl (C=O) groups is 1. The Balaban J connectivity index is 2.86. The van der Waals surface area contributed by atoms with Crippen LogP contribution in [0.15, 0.2) is 11.5 Å². The van der Waals surface area contributed by atoms with Crippen LogP contribution in [0.5, 0.6) is 0 Å². The second-order valence-corrected chi connectivity index (χ2v) is 4.48. The third kappa shape index (κ3) is 1.98. The SMILES string of the molecule is CCC(C)(Sc1nncn1N)C(=O)O. The number of thioether (sulfide) groups is 1. The third-order valence-corrected chi connectivity index (χ3v) is 3.37. The minimum atomic E-state index is -0.913. The van der Waals surface area contributed by atoms with E-state index in [0.29, 0.717) is 11.6 Å². The Morgan fingerprint density at radius 3 is 2.86 bits per heavy atom. The normalized spacial score (nSPS) is 15.0. The largest absolute Gasteiger partial charge is 0.480 e. The Morgan fingerprint density at radius 1 is 1.86 bits per heavy atom. The summed E-state index contributed by atoms with van der Waals surface area (Å²) in [6.07, 6.45) is 1.82. The van der Waals surface area contributed by atoms with E-state index in [4.69, 9.17) is 10.9 Å². The predicted octanol–water partition coefficient (Wildman–Crippen LogP) is 0.337. The average molecular weight is 216 g/mol. The number of nitrogens with zero attached hydrogens (tertiary/aromatic N) is 3. The summed E-state index contributed by atoms with van der Waals surface area (Å²) < 4.78 is 0.297. The van der Waals surface area contributed by atoms with Gasteiger partial charge in [0.25, 0.3) is 0 Å². The predicted molar refractivity (Wildman–Crippen MR) is 52.4 cm³/mol. The van der Waals surface area contributed by atoms with Gasteiger partial charge in [-0.25, -0.2) is 4.68 Å². The zero-order chi connectivity index (χ0) is 10.8. The molecule has 0 aliphatic rings. The van der Waals surface area contributed by atoms with Gasteiger partial charge in [0.15, 0.2) is 0 Å². The van der Waals surface area contributed by atoms with Crippen molar-refractivity contribution in [3.05, 3.63) is 6.33 Å². The molecule has 0 aromatic carbocycles. The van der Waals surface area contributed by atoms with Gasteiger partial charge in [-0.15, -0.1) is 10.2 Å². The zero-order valence-corrected chi connectivity index (χ0v) is 8.78. The minimum absolute atomic E-state index is 0.400. The lowest BCUT2D eigenvalue weighted by atomic mass is 10.1. The van der Waals surface area contributed by atoms with Crippen LogP contribution in [0.2, 0.25) is 0 Å². The minimum Gasteiger partial charge on any atom is -0.480 e. The molecule has 3 N–H and O–H groups in total. The topological polar surface area (TPSA) is 94.0 Å². The van der Waals surface area contributed by atoms with Crippen LogP contribution < -0.4 is 5.84 Å². The first-order valence-electron chi connectivity index (χ1n) is 4.07. The summed E-state index contributed by atoms with van der Waals surface area (Å²) in [5.41, 5.74) is 0. The second kappa shape index (κ2) is 3.87. The van der Waals surface area contributed by atoms with Crippen LogP contribution in [0, 0.1) is 0 Å². The lowest BCUT2D eigenvalue weighted by Gasteiger charge is -2.20. The van der Waals surface area contributed by atoms with Gasteiger partial charge in [-0.2, -0.15) is 0 Å². The quantitative estimate of drug-likeness (QED) is 0.556. The van der Waals surface area contributed by atoms with Crippen molar-refractivity contribution in [2.24, 2.45) is 0 Å². The number of aliphatic carboxylic acids is 1. The van der Waals surface area contributed by atoms with Gasteiger partial charge in [0.05, 0.1) is 0 Å². The van der Waals surface area contributed by atoms with Crippen molar-refractivity contribution >= 4 is 17.7 Å². The lowest BCUT2D eigenvalue weighted by Crippen LogP contribution is -2.31. The van der Waals surface area contributed by atoms with E-state index in [0.717, 1.165) is 11.8 Å². The van der Waals surface area contributed by atoms with Gasteiger partial charge < -0.3 is 10.9 Å². The number of rotatable bonds is 4. The molecule has 0 spiro atoms. The molecular formula is C7H12N4O2S. The summed E-state index contributed by atoms with van der Waals surface area (Å²) in [6, 6.07) is 0. The molecule has 1 unspecified atom stereocenters. The molecule has 0 aliphatic heterocycles. The summed E-state index contributed by atoms with van der Waals surface area (Å²) >= 11 is 1.10. The lowest BCUT2D eigenvalue weighted by molar-refractivity contribution is -0.139. The number of carboxylic acids is 1. The fraction of sp³-hybridized carbons (Fsp3) is 0.571. The Hall–Kier alpha value is -1.24. The van der Waals surface area contributed by atoms with Gasteiger partial charge in [0.2, 0.25) is 5.16 Å². The number of nitrogens with two attached hydrogens (primary N) is 1. The maximum atomic E-state index is 11.0. The van der Waals surface area contributed by atoms with Gasteiger partial charge in [-0.05, 0) is 13.3 Å². The van der Waals surface area contributed by atoms with Crippen LogP contribution in [0.4, 0.5) is 0 Å². The van der Waals surface area contributed by atoms with E-state index < -0.39 is 10.7 Å². The van der Waals surface area contributed by atoms with Crippen LogP contribution in [0.1, 0.15) is 20.3 Å². The Labute approximate surface area is 85.5 Å². The van der Waals surface area contributed by atoms with E-state index in [1.165, 1.54) is 11.0 Å². The molecule has 0 amide bonds. The summed E-state index contributed by atoms with van der Waals surface area (Å²) in [6.45, 7) is 3.44. The molecule has 0 radical (unpaired) electrons. The first-order valence-corrected chi connectivity index (χ1v) is 4.88. The van der Waals surface area contributed by atoms with Crippen molar-refractivity contribution in [2.45, 2.75) is 30.2 Å². The first kappa shape index (κ1) is 10.8. The van der Waals surface area contributed by atoms with E-state index in [1.54, 1.807) is 13.8 Å². The van der Waals surface area contributed by atoms with Crippen LogP contribution in [-0.2, 0) is 4.79 Å². The zero-order valence-electron chi connectivity index (χ0n) is 7.97. The highest BCUT2D eigenvalue weighted by molar-refractivity contribution is 8.01. The van der Waals surface area contributed by atoms with Crippen molar-refractivity contribution < 1.29 is 9.90 Å². The number of aromatic nitrogens is 3. The van der Waals surface area contributed by atoms with E-state index in [2.05, 4.69) is 10.2 Å². The fourth-order valence-corrected chi connectivity index (χ4v) is 1.65. The van der Waals surface area contributed by atoms with E-state index in [-0.39, 0.29) is 0 Å². The highest BCUT2D eigenvalue weighted by Crippen LogP contribution is 2.33. The molecule has 0 saturated carbocycles. The fourth-order valence-electron chi connectivity index (χ4n) is 0.774. The summed E-state index contributed by atoms with van der Waals surface area (Å²) in [7, 11) is 0. The molecule has 78 valence electrons. The van der Waals surface area contributed by atoms with Gasteiger partial charge in [-0.3, -0.25) is 4.79 Å². The molecule has 1 atom stereocenters. The Morgan fingerprint density at radius 2 is 2.50 bits per heavy atom. The molecule has 0 fully saturated rings. The van der Waals surface area contributed by atoms with E-state index in [9.17, 15) is 4.79 Å². The number of carboxylic acid groups (broad SMARTS) is 1. The molecule has 1 rings (SSSR count). The highest BCUT2D eigenvalue weighted by Gasteiger charge is 2.34. The summed E-state index contributed by atoms with van der Waals surface area (Å²) in [4.78, 5) is 11.0. The van der Waals surface area contributed by atoms with Gasteiger partial charge >= 0.3 is 5.97 Å². The van der Waals surface area contributed by atoms with Crippen molar-refractivity contribution in [2.75, 3.05) is 5.84 Å². The Bertz CT molecular complexity index is 340. The number of hydrogen-bond acceptors (Lipinski definition) is 5. The molecule has 1 heterocycles. The second-order valence-electron chi connectivity index (χ2n) is 3.01. The number of nitrogen functional groups attached to an aromatic ring is 1. The van der Waals surface area contributed by atoms with Crippen molar-refractivity contribution in [3.63, 3.8) is 0 Å².